The first-order valence-electron chi connectivity index (χ1n) is 6.92. The Morgan fingerprint density at radius 3 is 2.94 bits per heavy atom. The Labute approximate surface area is 108 Å². The van der Waals surface area contributed by atoms with Gasteiger partial charge in [0.25, 0.3) is 0 Å². The van der Waals surface area contributed by atoms with Gasteiger partial charge in [-0.3, -0.25) is 4.90 Å². The first kappa shape index (κ1) is 12.0. The lowest BCUT2D eigenvalue weighted by atomic mass is 10.0. The molecule has 2 nitrogen and oxygen atoms in total. The lowest BCUT2D eigenvalue weighted by Gasteiger charge is -2.29. The van der Waals surface area contributed by atoms with Gasteiger partial charge in [0.05, 0.1) is 6.61 Å². The van der Waals surface area contributed by atoms with Crippen molar-refractivity contribution in [2.45, 2.75) is 38.4 Å². The summed E-state index contributed by atoms with van der Waals surface area (Å²) < 4.78 is 18.8. The monoisotopic (exact) mass is 249 g/mol. The number of hydrogen-bond acceptors (Lipinski definition) is 2. The van der Waals surface area contributed by atoms with Crippen LogP contribution in [-0.4, -0.2) is 30.8 Å². The highest BCUT2D eigenvalue weighted by molar-refractivity contribution is 5.38. The molecule has 18 heavy (non-hydrogen) atoms. The second-order valence-electron chi connectivity index (χ2n) is 5.34. The number of halogens is 1. The van der Waals surface area contributed by atoms with E-state index in [2.05, 4.69) is 23.1 Å². The third-order valence-electron chi connectivity index (χ3n) is 3.90. The molecule has 3 heteroatoms. The molecule has 0 saturated carbocycles. The minimum absolute atomic E-state index is 0.590. The van der Waals surface area contributed by atoms with E-state index in [1.807, 2.05) is 0 Å². The molecule has 0 unspecified atom stereocenters. The molecular formula is C15H20FNO. The van der Waals surface area contributed by atoms with Crippen molar-refractivity contribution in [1.29, 1.82) is 0 Å². The predicted octanol–water partition coefficient (Wildman–Crippen LogP) is 2.95. The molecule has 1 fully saturated rings. The molecule has 2 aliphatic rings. The smallest absolute Gasteiger partial charge is 0.122 e. The van der Waals surface area contributed by atoms with Gasteiger partial charge in [0.2, 0.25) is 0 Å². The average Bonchev–Trinajstić information content (AvgIpc) is 2.41. The van der Waals surface area contributed by atoms with Crippen LogP contribution in [0.1, 0.15) is 30.4 Å². The highest BCUT2D eigenvalue weighted by Gasteiger charge is 2.19. The molecule has 2 heterocycles. The van der Waals surface area contributed by atoms with Crippen LogP contribution >= 0.6 is 0 Å². The van der Waals surface area contributed by atoms with Crippen molar-refractivity contribution in [2.24, 2.45) is 0 Å². The van der Waals surface area contributed by atoms with Crippen LogP contribution in [0.2, 0.25) is 0 Å². The number of hydrogen-bond donors (Lipinski definition) is 0. The zero-order chi connectivity index (χ0) is 12.4. The van der Waals surface area contributed by atoms with Crippen LogP contribution < -0.4 is 4.74 Å². The number of alkyl halides is 1. The molecule has 0 aliphatic carbocycles. The van der Waals surface area contributed by atoms with Crippen LogP contribution in [-0.2, 0) is 13.0 Å². The van der Waals surface area contributed by atoms with Crippen molar-refractivity contribution >= 4 is 0 Å². The largest absolute Gasteiger partial charge is 0.493 e. The summed E-state index contributed by atoms with van der Waals surface area (Å²) in [6.45, 7) is 3.51. The molecule has 0 aromatic heterocycles. The third-order valence-corrected chi connectivity index (χ3v) is 3.90. The Hall–Kier alpha value is -1.09. The first-order chi connectivity index (χ1) is 8.81. The average molecular weight is 249 g/mol. The molecule has 0 bridgehead atoms. The van der Waals surface area contributed by atoms with Gasteiger partial charge in [-0.15, -0.1) is 0 Å². The Kier molecular flexibility index (Phi) is 3.50. The van der Waals surface area contributed by atoms with Gasteiger partial charge in [-0.2, -0.15) is 0 Å². The minimum Gasteiger partial charge on any atom is -0.493 e. The van der Waals surface area contributed by atoms with Gasteiger partial charge in [0, 0.05) is 19.6 Å². The van der Waals surface area contributed by atoms with Crippen LogP contribution in [0.5, 0.6) is 5.75 Å². The number of aryl methyl sites for hydroxylation is 1. The van der Waals surface area contributed by atoms with Gasteiger partial charge < -0.3 is 4.74 Å². The fraction of sp³-hybridized carbons (Fsp3) is 0.600. The number of benzene rings is 1. The quantitative estimate of drug-likeness (QED) is 0.799. The molecule has 98 valence electrons. The molecule has 1 aromatic carbocycles. The molecule has 1 aromatic rings. The minimum atomic E-state index is -0.590. The van der Waals surface area contributed by atoms with Crippen molar-refractivity contribution in [3.63, 3.8) is 0 Å². The van der Waals surface area contributed by atoms with E-state index in [-0.39, 0.29) is 0 Å². The highest BCUT2D eigenvalue weighted by Crippen LogP contribution is 2.26. The third kappa shape index (κ3) is 2.66. The SMILES string of the molecule is FC1CCN(Cc2ccc3c(c2)OCCC3)CC1. The molecule has 0 amide bonds. The number of rotatable bonds is 2. The summed E-state index contributed by atoms with van der Waals surface area (Å²) in [5.41, 5.74) is 2.61. The summed E-state index contributed by atoms with van der Waals surface area (Å²) in [7, 11) is 0. The molecule has 0 spiro atoms. The fourth-order valence-electron chi connectivity index (χ4n) is 2.80. The number of ether oxygens (including phenoxy) is 1. The van der Waals surface area contributed by atoms with Crippen LogP contribution in [0.4, 0.5) is 4.39 Å². The van der Waals surface area contributed by atoms with E-state index in [0.29, 0.717) is 12.8 Å². The lowest BCUT2D eigenvalue weighted by Crippen LogP contribution is -2.33. The first-order valence-corrected chi connectivity index (χ1v) is 6.92. The Bertz CT molecular complexity index is 413. The van der Waals surface area contributed by atoms with Crippen molar-refractivity contribution in [3.8, 4) is 5.75 Å². The van der Waals surface area contributed by atoms with E-state index in [1.165, 1.54) is 11.1 Å². The zero-order valence-corrected chi connectivity index (χ0v) is 10.7. The maximum absolute atomic E-state index is 13.1. The molecule has 1 saturated heterocycles. The van der Waals surface area contributed by atoms with E-state index >= 15 is 0 Å². The summed E-state index contributed by atoms with van der Waals surface area (Å²) in [6.07, 6.45) is 3.02. The normalized spacial score (nSPS) is 21.4. The van der Waals surface area contributed by atoms with Gasteiger partial charge in [-0.05, 0) is 42.9 Å². The van der Waals surface area contributed by atoms with Gasteiger partial charge in [0.15, 0.2) is 0 Å². The standard InChI is InChI=1S/C15H20FNO/c16-14-5-7-17(8-6-14)11-12-3-4-13-2-1-9-18-15(13)10-12/h3-4,10,14H,1-2,5-9,11H2. The Morgan fingerprint density at radius 2 is 2.11 bits per heavy atom. The summed E-state index contributed by atoms with van der Waals surface area (Å²) >= 11 is 0. The maximum atomic E-state index is 13.1. The summed E-state index contributed by atoms with van der Waals surface area (Å²) in [6, 6.07) is 6.54. The Morgan fingerprint density at radius 1 is 1.28 bits per heavy atom. The van der Waals surface area contributed by atoms with Crippen LogP contribution in [0.3, 0.4) is 0 Å². The van der Waals surface area contributed by atoms with Crippen LogP contribution in [0, 0.1) is 0 Å². The second-order valence-corrected chi connectivity index (χ2v) is 5.34. The van der Waals surface area contributed by atoms with Gasteiger partial charge >= 0.3 is 0 Å². The second kappa shape index (κ2) is 5.27. The highest BCUT2D eigenvalue weighted by atomic mass is 19.1. The lowest BCUT2D eigenvalue weighted by molar-refractivity contribution is 0.145. The Balaban J connectivity index is 1.66. The van der Waals surface area contributed by atoms with Crippen molar-refractivity contribution < 1.29 is 9.13 Å². The molecule has 0 N–H and O–H groups in total. The van der Waals surface area contributed by atoms with Crippen molar-refractivity contribution in [3.05, 3.63) is 29.3 Å². The molecule has 0 radical (unpaired) electrons. The number of nitrogens with zero attached hydrogens (tertiary/aromatic N) is 1. The van der Waals surface area contributed by atoms with E-state index in [9.17, 15) is 4.39 Å². The maximum Gasteiger partial charge on any atom is 0.122 e. The number of fused-ring (bicyclic) bond motifs is 1. The molecule has 0 atom stereocenters. The van der Waals surface area contributed by atoms with Crippen LogP contribution in [0.25, 0.3) is 0 Å². The van der Waals surface area contributed by atoms with Crippen molar-refractivity contribution in [2.75, 3.05) is 19.7 Å². The van der Waals surface area contributed by atoms with Crippen molar-refractivity contribution in [1.82, 2.24) is 4.90 Å². The van der Waals surface area contributed by atoms with E-state index in [0.717, 1.165) is 44.8 Å². The summed E-state index contributed by atoms with van der Waals surface area (Å²) in [5.74, 6) is 1.05. The van der Waals surface area contributed by atoms with Gasteiger partial charge in [0.1, 0.15) is 11.9 Å². The van der Waals surface area contributed by atoms with Gasteiger partial charge in [-0.1, -0.05) is 12.1 Å². The molecule has 3 rings (SSSR count). The molecule has 2 aliphatic heterocycles. The summed E-state index contributed by atoms with van der Waals surface area (Å²) in [5, 5.41) is 0. The zero-order valence-electron chi connectivity index (χ0n) is 10.7. The number of piperidine rings is 1. The molecular weight excluding hydrogens is 229 g/mol. The summed E-state index contributed by atoms with van der Waals surface area (Å²) in [4.78, 5) is 2.33. The van der Waals surface area contributed by atoms with E-state index in [4.69, 9.17) is 4.74 Å². The van der Waals surface area contributed by atoms with Crippen LogP contribution in [0.15, 0.2) is 18.2 Å². The topological polar surface area (TPSA) is 12.5 Å². The number of likely N-dealkylation sites (tertiary alicyclic amines) is 1. The predicted molar refractivity (Wildman–Crippen MR) is 69.7 cm³/mol. The fourth-order valence-corrected chi connectivity index (χ4v) is 2.80. The van der Waals surface area contributed by atoms with E-state index < -0.39 is 6.17 Å². The van der Waals surface area contributed by atoms with E-state index in [1.54, 1.807) is 0 Å². The van der Waals surface area contributed by atoms with Gasteiger partial charge in [-0.25, -0.2) is 4.39 Å².